The summed E-state index contributed by atoms with van der Waals surface area (Å²) >= 11 is 1.61. The summed E-state index contributed by atoms with van der Waals surface area (Å²) in [6.07, 6.45) is 7.46. The molecule has 9 heteroatoms. The van der Waals surface area contributed by atoms with Crippen LogP contribution in [0, 0.1) is 0 Å². The maximum atomic E-state index is 12.7. The number of thioether (sulfide) groups is 1. The van der Waals surface area contributed by atoms with Crippen LogP contribution < -0.4 is 15.4 Å². The van der Waals surface area contributed by atoms with Gasteiger partial charge < -0.3 is 15.4 Å². The van der Waals surface area contributed by atoms with Crippen molar-refractivity contribution in [3.05, 3.63) is 67.1 Å². The number of para-hydroxylation sites is 1. The minimum Gasteiger partial charge on any atom is -0.484 e. The Bertz CT molecular complexity index is 933. The number of pyridine rings is 1. The van der Waals surface area contributed by atoms with Crippen LogP contribution in [-0.2, 0) is 9.59 Å². The highest BCUT2D eigenvalue weighted by atomic mass is 32.2. The fourth-order valence-electron chi connectivity index (χ4n) is 2.64. The molecule has 0 aliphatic heterocycles. The van der Waals surface area contributed by atoms with Crippen molar-refractivity contribution in [1.29, 1.82) is 0 Å². The molecular weight excluding hydrogens is 402 g/mol. The molecule has 156 valence electrons. The number of benzene rings is 1. The Morgan fingerprint density at radius 1 is 1.17 bits per heavy atom. The van der Waals surface area contributed by atoms with Gasteiger partial charge in [-0.05, 0) is 48.8 Å². The SMILES string of the molecule is CSCCC(NC(=O)COc1ccccc1)C(=O)Nc1ccc(-n2cccn2)nc1. The standard InChI is InChI=1S/C21H23N5O3S/c1-30-13-10-18(25-20(27)15-29-17-6-3-2-4-7-17)21(28)24-16-8-9-19(22-14-16)26-12-5-11-23-26/h2-9,11-12,14,18H,10,13,15H2,1H3,(H,24,28)(H,25,27). The summed E-state index contributed by atoms with van der Waals surface area (Å²) in [6.45, 7) is -0.160. The van der Waals surface area contributed by atoms with Crippen LogP contribution >= 0.6 is 11.8 Å². The zero-order valence-corrected chi connectivity index (χ0v) is 17.3. The first-order valence-corrected chi connectivity index (χ1v) is 10.8. The number of carbonyl (C=O) groups is 2. The molecule has 8 nitrogen and oxygen atoms in total. The smallest absolute Gasteiger partial charge is 0.258 e. The summed E-state index contributed by atoms with van der Waals surface area (Å²) < 4.78 is 7.08. The molecule has 3 rings (SSSR count). The van der Waals surface area contributed by atoms with Gasteiger partial charge in [0, 0.05) is 12.4 Å². The van der Waals surface area contributed by atoms with E-state index in [2.05, 4.69) is 20.7 Å². The maximum Gasteiger partial charge on any atom is 0.258 e. The summed E-state index contributed by atoms with van der Waals surface area (Å²) in [7, 11) is 0. The van der Waals surface area contributed by atoms with Crippen LogP contribution in [0.25, 0.3) is 5.82 Å². The van der Waals surface area contributed by atoms with Crippen LogP contribution in [0.3, 0.4) is 0 Å². The number of anilines is 1. The van der Waals surface area contributed by atoms with Crippen LogP contribution in [0.2, 0.25) is 0 Å². The second-order valence-corrected chi connectivity index (χ2v) is 7.33. The number of aromatic nitrogens is 3. The van der Waals surface area contributed by atoms with Crippen LogP contribution in [0.4, 0.5) is 5.69 Å². The highest BCUT2D eigenvalue weighted by molar-refractivity contribution is 7.98. The van der Waals surface area contributed by atoms with Gasteiger partial charge >= 0.3 is 0 Å². The molecule has 0 aliphatic rings. The zero-order chi connectivity index (χ0) is 21.2. The fraction of sp³-hybridized carbons (Fsp3) is 0.238. The van der Waals surface area contributed by atoms with Crippen molar-refractivity contribution in [3.63, 3.8) is 0 Å². The number of carbonyl (C=O) groups excluding carboxylic acids is 2. The van der Waals surface area contributed by atoms with Crippen LogP contribution in [-0.4, -0.2) is 51.2 Å². The molecular formula is C21H23N5O3S. The Kier molecular flexibility index (Phi) is 7.85. The molecule has 1 unspecified atom stereocenters. The lowest BCUT2D eigenvalue weighted by atomic mass is 10.2. The van der Waals surface area contributed by atoms with Gasteiger partial charge in [0.25, 0.3) is 5.91 Å². The molecule has 2 aromatic heterocycles. The van der Waals surface area contributed by atoms with Crippen LogP contribution in [0.5, 0.6) is 5.75 Å². The largest absolute Gasteiger partial charge is 0.484 e. The van der Waals surface area contributed by atoms with Crippen molar-refractivity contribution in [2.45, 2.75) is 12.5 Å². The molecule has 2 N–H and O–H groups in total. The highest BCUT2D eigenvalue weighted by Crippen LogP contribution is 2.11. The van der Waals surface area contributed by atoms with E-state index in [0.29, 0.717) is 23.7 Å². The molecule has 0 bridgehead atoms. The van der Waals surface area contributed by atoms with Gasteiger partial charge in [0.2, 0.25) is 5.91 Å². The first kappa shape index (κ1) is 21.4. The van der Waals surface area contributed by atoms with Gasteiger partial charge in [-0.2, -0.15) is 16.9 Å². The van der Waals surface area contributed by atoms with Crippen molar-refractivity contribution in [2.75, 3.05) is 23.9 Å². The average molecular weight is 426 g/mol. The van der Waals surface area contributed by atoms with Crippen molar-refractivity contribution in [3.8, 4) is 11.6 Å². The molecule has 0 saturated carbocycles. The van der Waals surface area contributed by atoms with E-state index in [9.17, 15) is 9.59 Å². The minimum atomic E-state index is -0.671. The molecule has 2 heterocycles. The Labute approximate surface area is 179 Å². The number of rotatable bonds is 10. The van der Waals surface area contributed by atoms with Gasteiger partial charge in [-0.1, -0.05) is 18.2 Å². The number of nitrogens with zero attached hydrogens (tertiary/aromatic N) is 3. The number of ether oxygens (including phenoxy) is 1. The lowest BCUT2D eigenvalue weighted by Gasteiger charge is -2.18. The van der Waals surface area contributed by atoms with Gasteiger partial charge in [-0.3, -0.25) is 9.59 Å². The predicted molar refractivity (Wildman–Crippen MR) is 117 cm³/mol. The van der Waals surface area contributed by atoms with Gasteiger partial charge in [-0.15, -0.1) is 0 Å². The molecule has 2 amide bonds. The topological polar surface area (TPSA) is 98.1 Å². The fourth-order valence-corrected chi connectivity index (χ4v) is 3.11. The van der Waals surface area contributed by atoms with E-state index in [0.717, 1.165) is 5.75 Å². The van der Waals surface area contributed by atoms with Crippen molar-refractivity contribution < 1.29 is 14.3 Å². The molecule has 3 aromatic rings. The zero-order valence-electron chi connectivity index (χ0n) is 16.5. The molecule has 1 aromatic carbocycles. The monoisotopic (exact) mass is 425 g/mol. The first-order chi connectivity index (χ1) is 14.7. The van der Waals surface area contributed by atoms with Crippen molar-refractivity contribution in [2.24, 2.45) is 0 Å². The third-order valence-corrected chi connectivity index (χ3v) is 4.77. The Morgan fingerprint density at radius 3 is 2.67 bits per heavy atom. The van der Waals surface area contributed by atoms with Gasteiger partial charge in [0.1, 0.15) is 11.8 Å². The molecule has 0 radical (unpaired) electrons. The van der Waals surface area contributed by atoms with Gasteiger partial charge in [0.05, 0.1) is 11.9 Å². The normalized spacial score (nSPS) is 11.5. The molecule has 1 atom stereocenters. The minimum absolute atomic E-state index is 0.160. The Morgan fingerprint density at radius 2 is 2.00 bits per heavy atom. The number of hydrogen-bond donors (Lipinski definition) is 2. The van der Waals surface area contributed by atoms with Crippen molar-refractivity contribution in [1.82, 2.24) is 20.1 Å². The van der Waals surface area contributed by atoms with E-state index < -0.39 is 6.04 Å². The first-order valence-electron chi connectivity index (χ1n) is 9.39. The molecule has 0 aliphatic carbocycles. The summed E-state index contributed by atoms with van der Waals surface area (Å²) in [5, 5.41) is 9.67. The molecule has 30 heavy (non-hydrogen) atoms. The van der Waals surface area contributed by atoms with E-state index in [4.69, 9.17) is 4.74 Å². The lowest BCUT2D eigenvalue weighted by molar-refractivity contribution is -0.127. The van der Waals surface area contributed by atoms with Crippen LogP contribution in [0.1, 0.15) is 6.42 Å². The quantitative estimate of drug-likeness (QED) is 0.518. The third kappa shape index (κ3) is 6.35. The van der Waals surface area contributed by atoms with Crippen molar-refractivity contribution >= 4 is 29.3 Å². The van der Waals surface area contributed by atoms with E-state index >= 15 is 0 Å². The van der Waals surface area contributed by atoms with E-state index in [1.165, 1.54) is 0 Å². The summed E-state index contributed by atoms with van der Waals surface area (Å²) in [5.74, 6) is 1.32. The molecule has 0 fully saturated rings. The number of nitrogens with one attached hydrogen (secondary N) is 2. The summed E-state index contributed by atoms with van der Waals surface area (Å²) in [6, 6.07) is 13.7. The Hall–Kier alpha value is -3.33. The summed E-state index contributed by atoms with van der Waals surface area (Å²) in [5.41, 5.74) is 0.542. The highest BCUT2D eigenvalue weighted by Gasteiger charge is 2.21. The number of hydrogen-bond acceptors (Lipinski definition) is 6. The van der Waals surface area contributed by atoms with Crippen LogP contribution in [0.15, 0.2) is 67.1 Å². The molecule has 0 spiro atoms. The lowest BCUT2D eigenvalue weighted by Crippen LogP contribution is -2.45. The van der Waals surface area contributed by atoms with E-state index in [1.807, 2.05) is 24.5 Å². The number of amides is 2. The van der Waals surface area contributed by atoms with Gasteiger partial charge in [0.15, 0.2) is 12.4 Å². The second-order valence-electron chi connectivity index (χ2n) is 6.35. The third-order valence-electron chi connectivity index (χ3n) is 4.13. The second kappa shape index (κ2) is 11.0. The predicted octanol–water partition coefficient (Wildman–Crippen LogP) is 2.52. The average Bonchev–Trinajstić information content (AvgIpc) is 3.31. The molecule has 0 saturated heterocycles. The summed E-state index contributed by atoms with van der Waals surface area (Å²) in [4.78, 5) is 29.3. The maximum absolute atomic E-state index is 12.7. The van der Waals surface area contributed by atoms with E-state index in [1.54, 1.807) is 65.4 Å². The van der Waals surface area contributed by atoms with Gasteiger partial charge in [-0.25, -0.2) is 9.67 Å². The Balaban J connectivity index is 1.56. The van der Waals surface area contributed by atoms with E-state index in [-0.39, 0.29) is 18.4 Å².